The minimum absolute atomic E-state index is 0.172. The molecular formula is C16H20FNO3. The van der Waals surface area contributed by atoms with E-state index in [0.29, 0.717) is 13.0 Å². The molecule has 0 fully saturated rings. The number of rotatable bonds is 7. The second-order valence-electron chi connectivity index (χ2n) is 5.45. The number of carbonyl (C=O) groups excluding carboxylic acids is 1. The average molecular weight is 293 g/mol. The highest BCUT2D eigenvalue weighted by Gasteiger charge is 2.26. The molecule has 4 nitrogen and oxygen atoms in total. The molecule has 0 aliphatic heterocycles. The fraction of sp³-hybridized carbons (Fsp3) is 0.375. The van der Waals surface area contributed by atoms with E-state index in [2.05, 4.69) is 5.32 Å². The van der Waals surface area contributed by atoms with Gasteiger partial charge >= 0.3 is 5.97 Å². The van der Waals surface area contributed by atoms with Crippen molar-refractivity contribution in [2.75, 3.05) is 6.54 Å². The summed E-state index contributed by atoms with van der Waals surface area (Å²) in [5.74, 6) is -1.35. The average Bonchev–Trinajstić information content (AvgIpc) is 2.40. The second kappa shape index (κ2) is 7.57. The number of carboxylic acids is 1. The van der Waals surface area contributed by atoms with Gasteiger partial charge in [-0.05, 0) is 38.0 Å². The van der Waals surface area contributed by atoms with E-state index >= 15 is 0 Å². The first-order chi connectivity index (χ1) is 9.81. The molecule has 114 valence electrons. The number of benzene rings is 1. The Bertz CT molecular complexity index is 521. The van der Waals surface area contributed by atoms with Gasteiger partial charge in [0, 0.05) is 13.0 Å². The van der Waals surface area contributed by atoms with Gasteiger partial charge in [-0.15, -0.1) is 0 Å². The van der Waals surface area contributed by atoms with E-state index in [1.165, 1.54) is 12.1 Å². The molecule has 0 saturated carbocycles. The number of hydrogen-bond acceptors (Lipinski definition) is 2. The van der Waals surface area contributed by atoms with Crippen LogP contribution in [0, 0.1) is 11.2 Å². The molecule has 2 N–H and O–H groups in total. The molecule has 1 aromatic rings. The summed E-state index contributed by atoms with van der Waals surface area (Å²) in [5, 5.41) is 11.6. The van der Waals surface area contributed by atoms with Gasteiger partial charge in [-0.1, -0.05) is 24.3 Å². The van der Waals surface area contributed by atoms with Crippen molar-refractivity contribution in [2.24, 2.45) is 5.41 Å². The largest absolute Gasteiger partial charge is 0.481 e. The minimum atomic E-state index is -0.882. The van der Waals surface area contributed by atoms with Gasteiger partial charge in [0.15, 0.2) is 0 Å². The Kier molecular flexibility index (Phi) is 6.09. The second-order valence-corrected chi connectivity index (χ2v) is 5.45. The summed E-state index contributed by atoms with van der Waals surface area (Å²) in [5.41, 5.74) is -0.0340. The van der Waals surface area contributed by atoms with Gasteiger partial charge in [-0.25, -0.2) is 4.39 Å². The van der Waals surface area contributed by atoms with Crippen molar-refractivity contribution in [1.29, 1.82) is 0 Å². The quantitative estimate of drug-likeness (QED) is 0.812. The predicted octanol–water partition coefficient (Wildman–Crippen LogP) is 2.85. The summed E-state index contributed by atoms with van der Waals surface area (Å²) in [4.78, 5) is 22.5. The fourth-order valence-corrected chi connectivity index (χ4v) is 1.57. The lowest BCUT2D eigenvalue weighted by atomic mass is 9.90. The summed E-state index contributed by atoms with van der Waals surface area (Å²) in [7, 11) is 0. The van der Waals surface area contributed by atoms with Crippen LogP contribution < -0.4 is 5.32 Å². The number of carbonyl (C=O) groups is 2. The van der Waals surface area contributed by atoms with Crippen molar-refractivity contribution in [3.05, 3.63) is 41.7 Å². The topological polar surface area (TPSA) is 66.4 Å². The molecule has 0 spiro atoms. The van der Waals surface area contributed by atoms with Crippen LogP contribution in [0.25, 0.3) is 6.08 Å². The first-order valence-electron chi connectivity index (χ1n) is 6.73. The van der Waals surface area contributed by atoms with Crippen LogP contribution in [0.15, 0.2) is 30.3 Å². The van der Waals surface area contributed by atoms with E-state index < -0.39 is 11.4 Å². The Balaban J connectivity index is 2.31. The molecule has 0 heterocycles. The third kappa shape index (κ3) is 6.21. The monoisotopic (exact) mass is 293 g/mol. The van der Waals surface area contributed by atoms with Crippen LogP contribution in [0.3, 0.4) is 0 Å². The van der Waals surface area contributed by atoms with Crippen LogP contribution >= 0.6 is 0 Å². The summed E-state index contributed by atoms with van der Waals surface area (Å²) in [6.07, 6.45) is 3.99. The summed E-state index contributed by atoms with van der Waals surface area (Å²) in [6, 6.07) is 5.96. The van der Waals surface area contributed by atoms with Gasteiger partial charge in [0.05, 0.1) is 5.41 Å². The Morgan fingerprint density at radius 1 is 1.29 bits per heavy atom. The van der Waals surface area contributed by atoms with Crippen LogP contribution in [0.2, 0.25) is 0 Å². The van der Waals surface area contributed by atoms with Crippen LogP contribution in [0.5, 0.6) is 0 Å². The van der Waals surface area contributed by atoms with E-state index in [1.807, 2.05) is 0 Å². The fourth-order valence-electron chi connectivity index (χ4n) is 1.57. The molecule has 0 aliphatic carbocycles. The third-order valence-corrected chi connectivity index (χ3v) is 3.13. The lowest BCUT2D eigenvalue weighted by Crippen LogP contribution is -2.31. The molecule has 1 aromatic carbocycles. The Labute approximate surface area is 123 Å². The van der Waals surface area contributed by atoms with Gasteiger partial charge in [0.1, 0.15) is 5.82 Å². The molecule has 5 heteroatoms. The molecule has 0 unspecified atom stereocenters. The Morgan fingerprint density at radius 3 is 2.48 bits per heavy atom. The summed E-state index contributed by atoms with van der Waals surface area (Å²) < 4.78 is 12.7. The van der Waals surface area contributed by atoms with Gasteiger partial charge < -0.3 is 10.4 Å². The zero-order valence-corrected chi connectivity index (χ0v) is 12.2. The SMILES string of the molecule is CC(C)(CCNC(=O)C/C=C/c1ccc(F)cc1)C(=O)O. The van der Waals surface area contributed by atoms with E-state index in [0.717, 1.165) is 5.56 Å². The van der Waals surface area contributed by atoms with Gasteiger partial charge in [0.2, 0.25) is 5.91 Å². The van der Waals surface area contributed by atoms with Crippen molar-refractivity contribution < 1.29 is 19.1 Å². The van der Waals surface area contributed by atoms with Crippen molar-refractivity contribution >= 4 is 18.0 Å². The summed E-state index contributed by atoms with van der Waals surface area (Å²) in [6.45, 7) is 3.56. The normalized spacial score (nSPS) is 11.6. The zero-order valence-electron chi connectivity index (χ0n) is 12.2. The van der Waals surface area contributed by atoms with E-state index in [9.17, 15) is 14.0 Å². The van der Waals surface area contributed by atoms with Crippen molar-refractivity contribution in [3.63, 3.8) is 0 Å². The van der Waals surface area contributed by atoms with Crippen molar-refractivity contribution in [1.82, 2.24) is 5.32 Å². The van der Waals surface area contributed by atoms with Crippen LogP contribution in [-0.2, 0) is 9.59 Å². The minimum Gasteiger partial charge on any atom is -0.481 e. The standard InChI is InChI=1S/C16H20FNO3/c1-16(2,15(20)21)10-11-18-14(19)5-3-4-12-6-8-13(17)9-7-12/h3-4,6-9H,5,10-11H2,1-2H3,(H,18,19)(H,20,21)/b4-3+. The van der Waals surface area contributed by atoms with Crippen LogP contribution in [-0.4, -0.2) is 23.5 Å². The van der Waals surface area contributed by atoms with E-state index in [1.54, 1.807) is 38.1 Å². The van der Waals surface area contributed by atoms with Gasteiger partial charge in [-0.3, -0.25) is 9.59 Å². The van der Waals surface area contributed by atoms with Gasteiger partial charge in [0.25, 0.3) is 0 Å². The maximum atomic E-state index is 12.7. The number of aliphatic carboxylic acids is 1. The molecule has 21 heavy (non-hydrogen) atoms. The highest BCUT2D eigenvalue weighted by molar-refractivity contribution is 5.78. The molecule has 0 aliphatic rings. The molecular weight excluding hydrogens is 273 g/mol. The number of halogens is 1. The Hall–Kier alpha value is -2.17. The maximum absolute atomic E-state index is 12.7. The van der Waals surface area contributed by atoms with E-state index in [-0.39, 0.29) is 18.1 Å². The first kappa shape index (κ1) is 16.9. The molecule has 0 aromatic heterocycles. The van der Waals surface area contributed by atoms with Crippen molar-refractivity contribution in [3.8, 4) is 0 Å². The Morgan fingerprint density at radius 2 is 1.90 bits per heavy atom. The van der Waals surface area contributed by atoms with E-state index in [4.69, 9.17) is 5.11 Å². The van der Waals surface area contributed by atoms with Crippen molar-refractivity contribution in [2.45, 2.75) is 26.7 Å². The lowest BCUT2D eigenvalue weighted by Gasteiger charge is -2.18. The van der Waals surface area contributed by atoms with Gasteiger partial charge in [-0.2, -0.15) is 0 Å². The molecule has 0 bridgehead atoms. The highest BCUT2D eigenvalue weighted by Crippen LogP contribution is 2.19. The number of carboxylic acid groups (broad SMARTS) is 1. The smallest absolute Gasteiger partial charge is 0.309 e. The molecule has 1 amide bonds. The molecule has 1 rings (SSSR count). The molecule has 0 atom stereocenters. The number of nitrogens with one attached hydrogen (secondary N) is 1. The van der Waals surface area contributed by atoms with Crippen LogP contribution in [0.1, 0.15) is 32.3 Å². The number of amides is 1. The first-order valence-corrected chi connectivity index (χ1v) is 6.73. The molecule has 0 saturated heterocycles. The van der Waals surface area contributed by atoms with Crippen LogP contribution in [0.4, 0.5) is 4.39 Å². The third-order valence-electron chi connectivity index (χ3n) is 3.13. The summed E-state index contributed by atoms with van der Waals surface area (Å²) >= 11 is 0. The number of hydrogen-bond donors (Lipinski definition) is 2. The maximum Gasteiger partial charge on any atom is 0.309 e. The zero-order chi connectivity index (χ0) is 15.9. The highest BCUT2D eigenvalue weighted by atomic mass is 19.1. The predicted molar refractivity (Wildman–Crippen MR) is 79.1 cm³/mol. The molecule has 0 radical (unpaired) electrons. The lowest BCUT2D eigenvalue weighted by molar-refractivity contribution is -0.147.